The molecule has 2 rings (SSSR count). The van der Waals surface area contributed by atoms with Gasteiger partial charge in [0.1, 0.15) is 11.6 Å². The fraction of sp³-hybridized carbons (Fsp3) is 0.235. The molecule has 1 amide bonds. The van der Waals surface area contributed by atoms with E-state index >= 15 is 0 Å². The van der Waals surface area contributed by atoms with Crippen LogP contribution in [0.4, 0.5) is 10.1 Å². The Morgan fingerprint density at radius 1 is 1.19 bits per heavy atom. The first kappa shape index (κ1) is 15.0. The van der Waals surface area contributed by atoms with Gasteiger partial charge in [-0.25, -0.2) is 4.39 Å². The van der Waals surface area contributed by atoms with Gasteiger partial charge in [-0.3, -0.25) is 4.79 Å². The van der Waals surface area contributed by atoms with Crippen LogP contribution in [0.5, 0.6) is 5.75 Å². The lowest BCUT2D eigenvalue weighted by atomic mass is 10.0. The number of halogens is 1. The molecule has 0 aromatic heterocycles. The second kappa shape index (κ2) is 6.39. The Morgan fingerprint density at radius 3 is 2.57 bits per heavy atom. The first-order valence-electron chi connectivity index (χ1n) is 6.76. The van der Waals surface area contributed by atoms with Gasteiger partial charge in [0.15, 0.2) is 0 Å². The van der Waals surface area contributed by atoms with Crippen LogP contribution in [0.1, 0.15) is 35.7 Å². The van der Waals surface area contributed by atoms with E-state index in [1.165, 1.54) is 25.3 Å². The van der Waals surface area contributed by atoms with E-state index in [1.54, 1.807) is 0 Å². The van der Waals surface area contributed by atoms with Gasteiger partial charge in [-0.15, -0.1) is 0 Å². The molecule has 0 saturated carbocycles. The third-order valence-electron chi connectivity index (χ3n) is 3.24. The van der Waals surface area contributed by atoms with Gasteiger partial charge >= 0.3 is 0 Å². The van der Waals surface area contributed by atoms with Crippen LogP contribution in [0.25, 0.3) is 0 Å². The number of para-hydroxylation sites is 1. The first-order valence-corrected chi connectivity index (χ1v) is 6.76. The minimum atomic E-state index is -0.474. The second-order valence-electron chi connectivity index (χ2n) is 5.04. The van der Waals surface area contributed by atoms with Crippen molar-refractivity contribution in [3.8, 4) is 5.75 Å². The van der Waals surface area contributed by atoms with Crippen molar-refractivity contribution in [1.82, 2.24) is 0 Å². The second-order valence-corrected chi connectivity index (χ2v) is 5.04. The number of amides is 1. The van der Waals surface area contributed by atoms with Gasteiger partial charge in [0.25, 0.3) is 5.91 Å². The van der Waals surface area contributed by atoms with Crippen LogP contribution >= 0.6 is 0 Å². The Morgan fingerprint density at radius 2 is 1.90 bits per heavy atom. The maximum absolute atomic E-state index is 13.4. The fourth-order valence-electron chi connectivity index (χ4n) is 2.16. The van der Waals surface area contributed by atoms with Crippen molar-refractivity contribution in [2.24, 2.45) is 0 Å². The molecule has 0 aliphatic rings. The Hall–Kier alpha value is -2.36. The molecular formula is C17H18FNO2. The molecule has 0 unspecified atom stereocenters. The highest BCUT2D eigenvalue weighted by atomic mass is 19.1. The molecular weight excluding hydrogens is 269 g/mol. The number of nitrogens with one attached hydrogen (secondary N) is 1. The predicted octanol–water partition coefficient (Wildman–Crippen LogP) is 4.21. The number of anilines is 1. The van der Waals surface area contributed by atoms with E-state index in [0.29, 0.717) is 5.75 Å². The molecule has 2 aromatic rings. The molecule has 110 valence electrons. The van der Waals surface area contributed by atoms with E-state index in [0.717, 1.165) is 11.3 Å². The van der Waals surface area contributed by atoms with Gasteiger partial charge in [0.2, 0.25) is 0 Å². The van der Waals surface area contributed by atoms with Crippen LogP contribution in [0, 0.1) is 5.82 Å². The average Bonchev–Trinajstić information content (AvgIpc) is 2.47. The number of benzene rings is 2. The third-order valence-corrected chi connectivity index (χ3v) is 3.24. The number of carbonyl (C=O) groups is 1. The summed E-state index contributed by atoms with van der Waals surface area (Å²) in [4.78, 5) is 12.4. The van der Waals surface area contributed by atoms with Gasteiger partial charge in [-0.05, 0) is 35.7 Å². The van der Waals surface area contributed by atoms with Gasteiger partial charge in [-0.2, -0.15) is 0 Å². The maximum Gasteiger partial charge on any atom is 0.259 e. The molecule has 0 saturated heterocycles. The summed E-state index contributed by atoms with van der Waals surface area (Å²) in [6.45, 7) is 4.10. The number of ether oxygens (including phenoxy) is 1. The minimum absolute atomic E-state index is 0.177. The predicted molar refractivity (Wildman–Crippen MR) is 81.4 cm³/mol. The highest BCUT2D eigenvalue weighted by Crippen LogP contribution is 2.26. The Labute approximate surface area is 123 Å². The summed E-state index contributed by atoms with van der Waals surface area (Å²) in [6, 6.07) is 11.4. The van der Waals surface area contributed by atoms with Crippen LogP contribution in [0.3, 0.4) is 0 Å². The van der Waals surface area contributed by atoms with Crippen LogP contribution in [-0.4, -0.2) is 13.0 Å². The summed E-state index contributed by atoms with van der Waals surface area (Å²) >= 11 is 0. The van der Waals surface area contributed by atoms with E-state index in [-0.39, 0.29) is 17.4 Å². The van der Waals surface area contributed by atoms with Crippen molar-refractivity contribution in [1.29, 1.82) is 0 Å². The molecule has 0 aliphatic heterocycles. The molecule has 0 heterocycles. The quantitative estimate of drug-likeness (QED) is 0.914. The Bertz CT molecular complexity index is 653. The summed E-state index contributed by atoms with van der Waals surface area (Å²) in [7, 11) is 1.45. The Kier molecular flexibility index (Phi) is 4.58. The molecule has 2 aromatic carbocycles. The largest absolute Gasteiger partial charge is 0.496 e. The van der Waals surface area contributed by atoms with Crippen molar-refractivity contribution in [3.63, 3.8) is 0 Å². The van der Waals surface area contributed by atoms with E-state index < -0.39 is 5.82 Å². The van der Waals surface area contributed by atoms with Gasteiger partial charge in [0, 0.05) is 5.69 Å². The van der Waals surface area contributed by atoms with E-state index in [1.807, 2.05) is 38.1 Å². The van der Waals surface area contributed by atoms with Crippen LogP contribution in [0.2, 0.25) is 0 Å². The number of hydrogen-bond acceptors (Lipinski definition) is 2. The molecule has 0 fully saturated rings. The van der Waals surface area contributed by atoms with Gasteiger partial charge in [0.05, 0.1) is 12.7 Å². The molecule has 4 heteroatoms. The lowest BCUT2D eigenvalue weighted by molar-refractivity contribution is 0.102. The summed E-state index contributed by atoms with van der Waals surface area (Å²) in [5.41, 5.74) is 1.93. The number of hydrogen-bond donors (Lipinski definition) is 1. The normalized spacial score (nSPS) is 10.5. The zero-order chi connectivity index (χ0) is 15.4. The summed E-state index contributed by atoms with van der Waals surface area (Å²) in [5, 5.41) is 2.82. The molecule has 0 radical (unpaired) electrons. The van der Waals surface area contributed by atoms with E-state index in [4.69, 9.17) is 4.74 Å². The van der Waals surface area contributed by atoms with Crippen LogP contribution in [0.15, 0.2) is 42.5 Å². The van der Waals surface area contributed by atoms with Crippen molar-refractivity contribution >= 4 is 11.6 Å². The van der Waals surface area contributed by atoms with Crippen LogP contribution < -0.4 is 10.1 Å². The first-order chi connectivity index (χ1) is 10.0. The molecule has 1 N–H and O–H groups in total. The Balaban J connectivity index is 2.33. The molecule has 0 aliphatic carbocycles. The lowest BCUT2D eigenvalue weighted by Gasteiger charge is -2.14. The highest BCUT2D eigenvalue weighted by Gasteiger charge is 2.15. The summed E-state index contributed by atoms with van der Waals surface area (Å²) < 4.78 is 18.5. The fourth-order valence-corrected chi connectivity index (χ4v) is 2.16. The maximum atomic E-state index is 13.4. The lowest BCUT2D eigenvalue weighted by Crippen LogP contribution is -2.15. The summed E-state index contributed by atoms with van der Waals surface area (Å²) in [6.07, 6.45) is 0. The zero-order valence-electron chi connectivity index (χ0n) is 12.3. The topological polar surface area (TPSA) is 38.3 Å². The standard InChI is InChI=1S/C17H18FNO2/c1-11(2)13-6-4-5-7-15(13)19-17(20)14-10-12(18)8-9-16(14)21-3/h4-11H,1-3H3,(H,19,20). The SMILES string of the molecule is COc1ccc(F)cc1C(=O)Nc1ccccc1C(C)C. The molecule has 0 atom stereocenters. The van der Waals surface area contributed by atoms with E-state index in [9.17, 15) is 9.18 Å². The molecule has 21 heavy (non-hydrogen) atoms. The minimum Gasteiger partial charge on any atom is -0.496 e. The number of methoxy groups -OCH3 is 1. The molecule has 0 spiro atoms. The number of rotatable bonds is 4. The van der Waals surface area contributed by atoms with Crippen LogP contribution in [-0.2, 0) is 0 Å². The van der Waals surface area contributed by atoms with Crippen molar-refractivity contribution in [3.05, 3.63) is 59.4 Å². The van der Waals surface area contributed by atoms with Gasteiger partial charge in [-0.1, -0.05) is 32.0 Å². The van der Waals surface area contributed by atoms with Crippen molar-refractivity contribution in [2.75, 3.05) is 12.4 Å². The van der Waals surface area contributed by atoms with Crippen molar-refractivity contribution < 1.29 is 13.9 Å². The summed E-state index contributed by atoms with van der Waals surface area (Å²) in [5.74, 6) is -0.246. The molecule has 0 bridgehead atoms. The highest BCUT2D eigenvalue weighted by molar-refractivity contribution is 6.06. The number of carbonyl (C=O) groups excluding carboxylic acids is 1. The third kappa shape index (κ3) is 3.40. The monoisotopic (exact) mass is 287 g/mol. The van der Waals surface area contributed by atoms with Gasteiger partial charge < -0.3 is 10.1 Å². The van der Waals surface area contributed by atoms with E-state index in [2.05, 4.69) is 5.32 Å². The zero-order valence-corrected chi connectivity index (χ0v) is 12.3. The molecule has 3 nitrogen and oxygen atoms in total. The smallest absolute Gasteiger partial charge is 0.259 e. The van der Waals surface area contributed by atoms with Crippen molar-refractivity contribution in [2.45, 2.75) is 19.8 Å². The average molecular weight is 287 g/mol.